The van der Waals surface area contributed by atoms with Crippen molar-refractivity contribution in [2.75, 3.05) is 20.8 Å². The molecule has 0 aromatic heterocycles. The van der Waals surface area contributed by atoms with Crippen LogP contribution in [0.1, 0.15) is 118 Å². The molecule has 4 N–H and O–H groups in total. The van der Waals surface area contributed by atoms with Gasteiger partial charge in [-0.15, -0.1) is 6.58 Å². The van der Waals surface area contributed by atoms with Gasteiger partial charge in [0.1, 0.15) is 24.2 Å². The summed E-state index contributed by atoms with van der Waals surface area (Å²) in [6.45, 7) is 13.3. The van der Waals surface area contributed by atoms with Gasteiger partial charge in [-0.05, 0) is 102 Å². The van der Waals surface area contributed by atoms with Crippen molar-refractivity contribution in [2.45, 2.75) is 160 Å². The number of rotatable bonds is 7. The Bertz CT molecular complexity index is 1380. The van der Waals surface area contributed by atoms with Crippen LogP contribution in [0.2, 0.25) is 0 Å². The molecule has 1 amide bonds. The number of Topliss-reactive ketones (excluding diaryl/α,β-unsaturated/α-hetero) is 1. The van der Waals surface area contributed by atoms with Crippen LogP contribution in [-0.2, 0) is 33.4 Å². The van der Waals surface area contributed by atoms with E-state index in [1.165, 1.54) is 12.0 Å². The molecule has 3 rings (SSSR count). The summed E-state index contributed by atoms with van der Waals surface area (Å²) in [5, 5.41) is 44.8. The number of esters is 1. The zero-order valence-electron chi connectivity index (χ0n) is 34.9. The Morgan fingerprint density at radius 3 is 2.34 bits per heavy atom. The van der Waals surface area contributed by atoms with E-state index in [1.54, 1.807) is 27.0 Å². The van der Waals surface area contributed by atoms with Gasteiger partial charge in [-0.1, -0.05) is 44.6 Å². The van der Waals surface area contributed by atoms with Crippen molar-refractivity contribution < 1.29 is 53.8 Å². The Kier molecular flexibility index (Phi) is 19.1. The number of hydrogen-bond donors (Lipinski definition) is 4. The SMILES string of the molecule is C=CC[C@@H]1/C=C(\C)C[C@H](C)C[C@H](O)C[C@@H](C=O)C[C@@H](C)[C@@](O)(OC)CC(=O)N2CCCCC2C(=O)O[C@H](/C(C)=C/C2CC[C@@H](O)[C@H](OC)C2)[C@H](C)[C@H](O)CC1=O. The van der Waals surface area contributed by atoms with Crippen molar-refractivity contribution in [1.82, 2.24) is 4.90 Å². The number of cyclic esters (lactones) is 1. The number of aldehydes is 1. The highest BCUT2D eigenvalue weighted by Crippen LogP contribution is 2.35. The smallest absolute Gasteiger partial charge is 0.329 e. The first-order valence-corrected chi connectivity index (χ1v) is 20.8. The molecule has 0 aromatic rings. The minimum atomic E-state index is -1.94. The predicted octanol–water partition coefficient (Wildman–Crippen LogP) is 5.24. The third-order valence-electron chi connectivity index (χ3n) is 12.5. The van der Waals surface area contributed by atoms with E-state index < -0.39 is 78.2 Å². The number of fused-ring (bicyclic) bond motifs is 1. The van der Waals surface area contributed by atoms with E-state index >= 15 is 0 Å². The van der Waals surface area contributed by atoms with Crippen LogP contribution in [0.25, 0.3) is 0 Å². The van der Waals surface area contributed by atoms with Gasteiger partial charge < -0.3 is 44.3 Å². The first kappa shape index (κ1) is 47.6. The van der Waals surface area contributed by atoms with E-state index in [1.807, 2.05) is 32.9 Å². The molecule has 1 saturated carbocycles. The Morgan fingerprint density at radius 2 is 1.70 bits per heavy atom. The van der Waals surface area contributed by atoms with Gasteiger partial charge in [0, 0.05) is 50.9 Å². The van der Waals surface area contributed by atoms with Crippen LogP contribution in [0, 0.1) is 35.5 Å². The molecule has 2 unspecified atom stereocenters. The lowest BCUT2D eigenvalue weighted by Crippen LogP contribution is -2.53. The fourth-order valence-electron chi connectivity index (χ4n) is 9.09. The lowest BCUT2D eigenvalue weighted by molar-refractivity contribution is -0.226. The number of nitrogens with zero attached hydrogens (tertiary/aromatic N) is 1. The molecule has 0 bridgehead atoms. The van der Waals surface area contributed by atoms with Gasteiger partial charge in [0.15, 0.2) is 5.79 Å². The van der Waals surface area contributed by atoms with E-state index in [9.17, 15) is 39.6 Å². The maximum absolute atomic E-state index is 14.2. The number of ether oxygens (including phenoxy) is 3. The summed E-state index contributed by atoms with van der Waals surface area (Å²) < 4.78 is 17.4. The summed E-state index contributed by atoms with van der Waals surface area (Å²) in [5.74, 6) is -5.73. The number of hydrogen-bond acceptors (Lipinski definition) is 11. The molecule has 12 nitrogen and oxygen atoms in total. The number of carbonyl (C=O) groups is 4. The number of piperidine rings is 1. The second kappa shape index (κ2) is 22.4. The monoisotopic (exact) mass is 790 g/mol. The van der Waals surface area contributed by atoms with Gasteiger partial charge in [0.2, 0.25) is 5.91 Å². The zero-order chi connectivity index (χ0) is 41.7. The third-order valence-corrected chi connectivity index (χ3v) is 12.5. The molecular weight excluding hydrogens is 718 g/mol. The molecule has 2 heterocycles. The molecule has 0 radical (unpaired) electrons. The van der Waals surface area contributed by atoms with E-state index in [2.05, 4.69) is 6.58 Å². The fraction of sp³-hybridized carbons (Fsp3) is 0.773. The predicted molar refractivity (Wildman–Crippen MR) is 213 cm³/mol. The van der Waals surface area contributed by atoms with Crippen LogP contribution in [0.5, 0.6) is 0 Å². The molecule has 0 spiro atoms. The second-order valence-electron chi connectivity index (χ2n) is 17.2. The van der Waals surface area contributed by atoms with Gasteiger partial charge in [0.05, 0.1) is 30.8 Å². The molecule has 318 valence electrons. The molecule has 2 aliphatic heterocycles. The maximum atomic E-state index is 14.2. The van der Waals surface area contributed by atoms with Crippen molar-refractivity contribution in [3.63, 3.8) is 0 Å². The summed E-state index contributed by atoms with van der Waals surface area (Å²) in [7, 11) is 2.87. The van der Waals surface area contributed by atoms with Crippen LogP contribution in [-0.4, -0.2) is 112 Å². The number of aliphatic hydroxyl groups excluding tert-OH is 3. The number of methoxy groups -OCH3 is 2. The Hall–Kier alpha value is -2.74. The number of ketones is 1. The summed E-state index contributed by atoms with van der Waals surface area (Å²) in [4.78, 5) is 55.7. The van der Waals surface area contributed by atoms with Crippen LogP contribution >= 0.6 is 0 Å². The minimum absolute atomic E-state index is 0.0143. The lowest BCUT2D eigenvalue weighted by Gasteiger charge is -2.39. The number of amides is 1. The molecule has 0 aromatic carbocycles. The topological polar surface area (TPSA) is 180 Å². The maximum Gasteiger partial charge on any atom is 0.329 e. The van der Waals surface area contributed by atoms with Gasteiger partial charge in [0.25, 0.3) is 0 Å². The number of carbonyl (C=O) groups excluding carboxylic acids is 4. The first-order chi connectivity index (χ1) is 26.5. The van der Waals surface area contributed by atoms with Crippen LogP contribution in [0.3, 0.4) is 0 Å². The Labute approximate surface area is 334 Å². The normalized spacial score (nSPS) is 39.5. The van der Waals surface area contributed by atoms with Crippen molar-refractivity contribution in [1.29, 1.82) is 0 Å². The molecule has 3 aliphatic rings. The Morgan fingerprint density at radius 1 is 0.982 bits per heavy atom. The third kappa shape index (κ3) is 13.4. The summed E-state index contributed by atoms with van der Waals surface area (Å²) in [6, 6.07) is -0.955. The lowest BCUT2D eigenvalue weighted by atomic mass is 9.81. The van der Waals surface area contributed by atoms with Crippen molar-refractivity contribution in [3.8, 4) is 0 Å². The van der Waals surface area contributed by atoms with Gasteiger partial charge in [-0.3, -0.25) is 9.59 Å². The van der Waals surface area contributed by atoms with Gasteiger partial charge >= 0.3 is 5.97 Å². The van der Waals surface area contributed by atoms with Crippen molar-refractivity contribution >= 4 is 23.9 Å². The Balaban J connectivity index is 2.05. The van der Waals surface area contributed by atoms with E-state index in [0.717, 1.165) is 11.9 Å². The van der Waals surface area contributed by atoms with E-state index in [4.69, 9.17) is 14.2 Å². The zero-order valence-corrected chi connectivity index (χ0v) is 34.9. The average Bonchev–Trinajstić information content (AvgIpc) is 3.15. The minimum Gasteiger partial charge on any atom is -0.456 e. The largest absolute Gasteiger partial charge is 0.456 e. The van der Waals surface area contributed by atoms with E-state index in [0.29, 0.717) is 63.4 Å². The van der Waals surface area contributed by atoms with Crippen LogP contribution in [0.4, 0.5) is 0 Å². The van der Waals surface area contributed by atoms with Crippen LogP contribution in [0.15, 0.2) is 36.0 Å². The first-order valence-electron chi connectivity index (χ1n) is 20.8. The summed E-state index contributed by atoms with van der Waals surface area (Å²) in [6.07, 6.45) is 7.10. The van der Waals surface area contributed by atoms with Crippen molar-refractivity contribution in [3.05, 3.63) is 36.0 Å². The highest BCUT2D eigenvalue weighted by Gasteiger charge is 2.43. The summed E-state index contributed by atoms with van der Waals surface area (Å²) >= 11 is 0. The highest BCUT2D eigenvalue weighted by molar-refractivity contribution is 5.85. The molecule has 12 heteroatoms. The second-order valence-corrected chi connectivity index (χ2v) is 17.2. The molecule has 1 aliphatic carbocycles. The van der Waals surface area contributed by atoms with E-state index in [-0.39, 0.29) is 49.5 Å². The highest BCUT2D eigenvalue weighted by atomic mass is 16.6. The molecule has 13 atom stereocenters. The molecular formula is C44H71NO11. The van der Waals surface area contributed by atoms with Crippen molar-refractivity contribution in [2.24, 2.45) is 35.5 Å². The molecule has 56 heavy (non-hydrogen) atoms. The fourth-order valence-corrected chi connectivity index (χ4v) is 9.09. The molecule has 1 saturated heterocycles. The average molecular weight is 790 g/mol. The summed E-state index contributed by atoms with van der Waals surface area (Å²) in [5.41, 5.74) is 1.64. The number of allylic oxidation sites excluding steroid dienone is 4. The quantitative estimate of drug-likeness (QED) is 0.115. The van der Waals surface area contributed by atoms with Gasteiger partial charge in [-0.2, -0.15) is 0 Å². The number of aliphatic hydroxyl groups is 4. The molecule has 2 fully saturated rings. The van der Waals surface area contributed by atoms with Crippen LogP contribution < -0.4 is 0 Å². The standard InChI is InChI=1S/C44H71NO11/c1-9-12-34-18-27(2)17-28(3)19-35(47)22-33(26-46)21-30(5)44(53,55-8)25-41(51)45-16-11-10-13-36(45)43(52)56-42(31(6)38(49)24-39(34)50)29(4)20-32-14-15-37(48)40(23-32)54-7/h9,18,20,26,28,30-38,40,42,47-49,53H,1,10-17,19,21-25H2,2-8H3/b27-18+,29-20+/t28-,30+,31+,32?,33-,34+,35-,36?,37+,38+,40+,42+,44-/m0/s1. The van der Waals surface area contributed by atoms with Gasteiger partial charge in [-0.25, -0.2) is 4.79 Å².